The average molecular weight is 668 g/mol. The molecule has 0 radical (unpaired) electrons. The number of ether oxygens (including phenoxy) is 1. The fraction of sp³-hybridized carbons (Fsp3) is 0.564. The number of aryl methyl sites for hydroxylation is 2. The molecule has 49 heavy (non-hydrogen) atoms. The summed E-state index contributed by atoms with van der Waals surface area (Å²) in [6, 6.07) is 11.2. The molecule has 2 atom stereocenters. The summed E-state index contributed by atoms with van der Waals surface area (Å²) in [6.45, 7) is 15.6. The first-order chi connectivity index (χ1) is 23.4. The number of guanidine groups is 1. The van der Waals surface area contributed by atoms with E-state index in [1.807, 2.05) is 26.2 Å². The van der Waals surface area contributed by atoms with Gasteiger partial charge in [0, 0.05) is 72.1 Å². The zero-order valence-electron chi connectivity index (χ0n) is 30.3. The molecular formula is C39H53N7O3. The van der Waals surface area contributed by atoms with Crippen molar-refractivity contribution in [2.45, 2.75) is 124 Å². The van der Waals surface area contributed by atoms with Crippen LogP contribution >= 0.6 is 0 Å². The fourth-order valence-corrected chi connectivity index (χ4v) is 8.17. The van der Waals surface area contributed by atoms with E-state index in [1.165, 1.54) is 16.7 Å². The van der Waals surface area contributed by atoms with E-state index < -0.39 is 11.5 Å². The number of likely N-dealkylation sites (tertiary alicyclic amines) is 1. The van der Waals surface area contributed by atoms with Crippen LogP contribution < -0.4 is 5.32 Å². The Morgan fingerprint density at radius 2 is 1.67 bits per heavy atom. The van der Waals surface area contributed by atoms with Crippen LogP contribution in [0.3, 0.4) is 0 Å². The van der Waals surface area contributed by atoms with Crippen molar-refractivity contribution < 1.29 is 14.3 Å². The van der Waals surface area contributed by atoms with Crippen molar-refractivity contribution in [3.63, 3.8) is 0 Å². The van der Waals surface area contributed by atoms with Gasteiger partial charge in [0.15, 0.2) is 0 Å². The van der Waals surface area contributed by atoms with Gasteiger partial charge in [0.05, 0.1) is 17.8 Å². The third-order valence-corrected chi connectivity index (χ3v) is 10.4. The van der Waals surface area contributed by atoms with E-state index in [0.29, 0.717) is 36.8 Å². The molecule has 3 aromatic rings. The van der Waals surface area contributed by atoms with Crippen molar-refractivity contribution in [1.29, 1.82) is 0 Å². The molecule has 2 bridgehead atoms. The number of H-pyrrole nitrogens is 1. The van der Waals surface area contributed by atoms with Crippen LogP contribution in [0, 0.1) is 19.3 Å². The van der Waals surface area contributed by atoms with Gasteiger partial charge in [0.1, 0.15) is 0 Å². The number of rotatable bonds is 9. The summed E-state index contributed by atoms with van der Waals surface area (Å²) in [5, 5.41) is 11.2. The van der Waals surface area contributed by atoms with Gasteiger partial charge in [-0.3, -0.25) is 20.2 Å². The van der Waals surface area contributed by atoms with Crippen LogP contribution in [0.5, 0.6) is 0 Å². The lowest BCUT2D eigenvalue weighted by Gasteiger charge is -2.32. The van der Waals surface area contributed by atoms with Crippen molar-refractivity contribution in [2.75, 3.05) is 13.1 Å². The van der Waals surface area contributed by atoms with Crippen LogP contribution in [0.2, 0.25) is 0 Å². The highest BCUT2D eigenvalue weighted by atomic mass is 16.6. The molecule has 2 amide bonds. The number of aliphatic imine (C=N–C) groups is 1. The molecule has 0 saturated carbocycles. The second kappa shape index (κ2) is 14.3. The molecule has 3 aliphatic heterocycles. The highest BCUT2D eigenvalue weighted by molar-refractivity contribution is 5.94. The number of carbonyl (C=O) groups is 2. The number of aromatic amines is 1. The third kappa shape index (κ3) is 7.84. The van der Waals surface area contributed by atoms with Crippen LogP contribution in [0.25, 0.3) is 11.3 Å². The Morgan fingerprint density at radius 1 is 1.02 bits per heavy atom. The van der Waals surface area contributed by atoms with Crippen LogP contribution in [-0.2, 0) is 22.4 Å². The van der Waals surface area contributed by atoms with Crippen molar-refractivity contribution in [2.24, 2.45) is 10.4 Å². The Hall–Kier alpha value is -4.21. The molecule has 1 aromatic carbocycles. The molecule has 2 unspecified atom stereocenters. The standard InChI is InChI=1S/C39H53N7O3/c1-24(2)49-38(48)42-37(45-17-14-29(23-45)28-12-15-40-16-13-28)41-27(5)21-33-34(43-44-35(33)30-19-25(3)18-26(4)20-30)22-39(6,7)36(47)46-31-8-9-32(46)11-10-31/h12-13,15-16,18-20,24,27,29,31-32H,8-11,14,17,21-23H2,1-7H3,(H,43,44)(H,41,42,48). The van der Waals surface area contributed by atoms with Gasteiger partial charge < -0.3 is 14.5 Å². The SMILES string of the molecule is Cc1cc(C)cc(-c2n[nH]c(CC(C)(C)C(=O)N3C4CCC3CC4)c2CC(C)N=C(NC(=O)OC(C)C)N2CCC(c3ccncc3)C2)c1. The molecule has 10 nitrogen and oxygen atoms in total. The number of hydrogen-bond acceptors (Lipinski definition) is 6. The lowest BCUT2D eigenvalue weighted by Crippen LogP contribution is -2.45. The predicted molar refractivity (Wildman–Crippen MR) is 192 cm³/mol. The van der Waals surface area contributed by atoms with Gasteiger partial charge >= 0.3 is 6.09 Å². The van der Waals surface area contributed by atoms with E-state index in [9.17, 15) is 9.59 Å². The van der Waals surface area contributed by atoms with Gasteiger partial charge in [0.2, 0.25) is 11.9 Å². The summed E-state index contributed by atoms with van der Waals surface area (Å²) in [5.41, 5.74) is 6.95. The number of carbonyl (C=O) groups excluding carboxylic acids is 2. The Labute approximate surface area is 291 Å². The van der Waals surface area contributed by atoms with E-state index in [0.717, 1.165) is 67.7 Å². The summed E-state index contributed by atoms with van der Waals surface area (Å²) in [4.78, 5) is 40.6. The molecule has 2 N–H and O–H groups in total. The van der Waals surface area contributed by atoms with Crippen molar-refractivity contribution >= 4 is 18.0 Å². The summed E-state index contributed by atoms with van der Waals surface area (Å²) >= 11 is 0. The van der Waals surface area contributed by atoms with Gasteiger partial charge in [-0.2, -0.15) is 5.10 Å². The first-order valence-electron chi connectivity index (χ1n) is 18.1. The molecule has 5 heterocycles. The molecule has 0 aliphatic carbocycles. The topological polar surface area (TPSA) is 116 Å². The lowest BCUT2D eigenvalue weighted by atomic mass is 9.83. The summed E-state index contributed by atoms with van der Waals surface area (Å²) < 4.78 is 5.48. The second-order valence-corrected chi connectivity index (χ2v) is 15.4. The van der Waals surface area contributed by atoms with Crippen LogP contribution in [0.4, 0.5) is 4.79 Å². The van der Waals surface area contributed by atoms with Crippen molar-refractivity contribution in [3.05, 3.63) is 70.7 Å². The average Bonchev–Trinajstić information content (AvgIpc) is 3.85. The number of nitrogens with zero attached hydrogens (tertiary/aromatic N) is 5. The third-order valence-electron chi connectivity index (χ3n) is 10.4. The van der Waals surface area contributed by atoms with E-state index >= 15 is 0 Å². The molecular weight excluding hydrogens is 614 g/mol. The minimum Gasteiger partial charge on any atom is -0.447 e. The quantitative estimate of drug-likeness (QED) is 0.193. The first-order valence-corrected chi connectivity index (χ1v) is 18.1. The number of alkyl carbamates (subject to hydrolysis) is 1. The number of pyridine rings is 1. The number of amides is 2. The van der Waals surface area contributed by atoms with Crippen molar-refractivity contribution in [1.82, 2.24) is 30.3 Å². The smallest absolute Gasteiger partial charge is 0.414 e. The van der Waals surface area contributed by atoms with Gasteiger partial charge in [-0.25, -0.2) is 9.79 Å². The number of hydrogen-bond donors (Lipinski definition) is 2. The van der Waals surface area contributed by atoms with E-state index in [-0.39, 0.29) is 18.1 Å². The minimum atomic E-state index is -0.594. The lowest BCUT2D eigenvalue weighted by molar-refractivity contribution is -0.141. The number of nitrogens with one attached hydrogen (secondary N) is 2. The number of aromatic nitrogens is 3. The summed E-state index contributed by atoms with van der Waals surface area (Å²) in [6.07, 6.45) is 9.46. The molecule has 6 rings (SSSR count). The molecule has 10 heteroatoms. The molecule has 0 spiro atoms. The molecule has 3 aliphatic rings. The van der Waals surface area contributed by atoms with Gasteiger partial charge in [-0.1, -0.05) is 31.0 Å². The fourth-order valence-electron chi connectivity index (χ4n) is 8.17. The summed E-state index contributed by atoms with van der Waals surface area (Å²) in [7, 11) is 0. The highest BCUT2D eigenvalue weighted by Gasteiger charge is 2.46. The van der Waals surface area contributed by atoms with Crippen molar-refractivity contribution in [3.8, 4) is 11.3 Å². The Kier molecular flexibility index (Phi) is 10.1. The maximum Gasteiger partial charge on any atom is 0.414 e. The monoisotopic (exact) mass is 667 g/mol. The maximum atomic E-state index is 14.0. The Bertz CT molecular complexity index is 1640. The van der Waals surface area contributed by atoms with Gasteiger partial charge in [-0.15, -0.1) is 0 Å². The highest BCUT2D eigenvalue weighted by Crippen LogP contribution is 2.41. The zero-order valence-corrected chi connectivity index (χ0v) is 30.3. The Balaban J connectivity index is 1.30. The van der Waals surface area contributed by atoms with Crippen LogP contribution in [0.1, 0.15) is 101 Å². The minimum absolute atomic E-state index is 0.205. The zero-order chi connectivity index (χ0) is 34.9. The molecule has 3 saturated heterocycles. The molecule has 2 aromatic heterocycles. The summed E-state index contributed by atoms with van der Waals surface area (Å²) in [5.74, 6) is 1.08. The second-order valence-electron chi connectivity index (χ2n) is 15.4. The normalized spacial score (nSPS) is 21.5. The largest absolute Gasteiger partial charge is 0.447 e. The number of benzene rings is 1. The van der Waals surface area contributed by atoms with E-state index in [4.69, 9.17) is 14.8 Å². The van der Waals surface area contributed by atoms with Gasteiger partial charge in [0.25, 0.3) is 0 Å². The van der Waals surface area contributed by atoms with Gasteiger partial charge in [-0.05, 0) is 103 Å². The van der Waals surface area contributed by atoms with Crippen LogP contribution in [0.15, 0.2) is 47.7 Å². The molecule has 3 fully saturated rings. The first kappa shape index (κ1) is 34.6. The number of fused-ring (bicyclic) bond motifs is 2. The van der Waals surface area contributed by atoms with E-state index in [2.05, 4.69) is 90.1 Å². The van der Waals surface area contributed by atoms with E-state index in [1.54, 1.807) is 0 Å². The van der Waals surface area contributed by atoms with Crippen LogP contribution in [-0.4, -0.2) is 80.3 Å². The Morgan fingerprint density at radius 3 is 2.31 bits per heavy atom. The predicted octanol–water partition coefficient (Wildman–Crippen LogP) is 6.72. The molecule has 262 valence electrons. The maximum absolute atomic E-state index is 14.0.